The predicted octanol–water partition coefficient (Wildman–Crippen LogP) is 5.14. The van der Waals surface area contributed by atoms with Crippen molar-refractivity contribution < 1.29 is 0 Å². The molecule has 0 N–H and O–H groups in total. The monoisotopic (exact) mass is 377 g/mol. The highest BCUT2D eigenvalue weighted by Gasteiger charge is 2.14. The zero-order valence-electron chi connectivity index (χ0n) is 14.7. The molecule has 0 radical (unpaired) electrons. The van der Waals surface area contributed by atoms with Gasteiger partial charge in [-0.1, -0.05) is 97.1 Å². The van der Waals surface area contributed by atoms with E-state index in [1.807, 2.05) is 6.07 Å². The first kappa shape index (κ1) is 19.9. The summed E-state index contributed by atoms with van der Waals surface area (Å²) in [7, 11) is -0.446. The maximum Gasteiger partial charge on any atom is 0.0941 e. The first-order valence-corrected chi connectivity index (χ1v) is 10.2. The van der Waals surface area contributed by atoms with E-state index in [0.717, 1.165) is 0 Å². The Kier molecular flexibility index (Phi) is 8.64. The smallest absolute Gasteiger partial charge is 0.0941 e. The summed E-state index contributed by atoms with van der Waals surface area (Å²) in [6.45, 7) is 1.72. The van der Waals surface area contributed by atoms with Crippen molar-refractivity contribution in [2.45, 2.75) is 6.92 Å². The molecule has 3 aromatic carbocycles. The zero-order chi connectivity index (χ0) is 18.6. The molecule has 0 spiro atoms. The number of hydrogen-bond donors (Lipinski definition) is 0. The number of rotatable bonds is 4. The van der Waals surface area contributed by atoms with Crippen molar-refractivity contribution in [2.24, 2.45) is 0 Å². The normalized spacial score (nSPS) is 10.6. The lowest BCUT2D eigenvalue weighted by Crippen LogP contribution is -2.20. The molecule has 0 bridgehead atoms. The minimum Gasteiger partial charge on any atom is -0.193 e. The predicted molar refractivity (Wildman–Crippen MR) is 115 cm³/mol. The minimum absolute atomic E-state index is 0.430. The molecular weight excluding hydrogens is 357 g/mol. The summed E-state index contributed by atoms with van der Waals surface area (Å²) in [6, 6.07) is 34.3. The molecule has 0 aliphatic rings. The van der Waals surface area contributed by atoms with Crippen LogP contribution in [0.3, 0.4) is 0 Å². The molecule has 0 aromatic heterocycles. The van der Waals surface area contributed by atoms with Crippen LogP contribution < -0.4 is 15.9 Å². The second-order valence-corrected chi connectivity index (χ2v) is 8.02. The van der Waals surface area contributed by atoms with Crippen molar-refractivity contribution in [1.29, 1.82) is 5.26 Å². The van der Waals surface area contributed by atoms with Crippen molar-refractivity contribution in [1.82, 2.24) is 0 Å². The molecule has 26 heavy (non-hydrogen) atoms. The van der Waals surface area contributed by atoms with Crippen LogP contribution in [0.5, 0.6) is 0 Å². The maximum absolute atomic E-state index is 8.09. The van der Waals surface area contributed by atoms with Gasteiger partial charge in [0.25, 0.3) is 0 Å². The van der Waals surface area contributed by atoms with Gasteiger partial charge in [-0.15, -0.1) is 11.6 Å². The summed E-state index contributed by atoms with van der Waals surface area (Å²) in [5.41, 5.74) is 0.676. The van der Waals surface area contributed by atoms with Crippen LogP contribution in [0, 0.1) is 11.3 Å². The van der Waals surface area contributed by atoms with Gasteiger partial charge >= 0.3 is 0 Å². The van der Waals surface area contributed by atoms with Crippen molar-refractivity contribution in [3.05, 3.63) is 103 Å². The Morgan fingerprint density at radius 1 is 0.808 bits per heavy atom. The van der Waals surface area contributed by atoms with Gasteiger partial charge in [0.1, 0.15) is 0 Å². The zero-order valence-corrected chi connectivity index (χ0v) is 16.4. The van der Waals surface area contributed by atoms with E-state index in [9.17, 15) is 0 Å². The van der Waals surface area contributed by atoms with Crippen LogP contribution in [0.2, 0.25) is 0 Å². The van der Waals surface area contributed by atoms with E-state index >= 15 is 0 Å². The number of nitrogens with zero attached hydrogens (tertiary/aromatic N) is 1. The van der Waals surface area contributed by atoms with Crippen LogP contribution in [0.4, 0.5) is 0 Å². The number of nitriles is 1. The molecule has 1 nitrogen and oxygen atoms in total. The fourth-order valence-corrected chi connectivity index (χ4v) is 4.88. The third kappa shape index (κ3) is 6.16. The Morgan fingerprint density at radius 2 is 1.15 bits per heavy atom. The van der Waals surface area contributed by atoms with Crippen LogP contribution in [-0.2, 0) is 0 Å². The van der Waals surface area contributed by atoms with Crippen LogP contribution in [0.15, 0.2) is 103 Å². The van der Waals surface area contributed by atoms with E-state index in [4.69, 9.17) is 16.9 Å². The molecular formula is C23H21ClNP. The first-order valence-electron chi connectivity index (χ1n) is 8.34. The molecule has 3 aromatic rings. The van der Waals surface area contributed by atoms with Gasteiger partial charge in [-0.3, -0.25) is 0 Å². The molecule has 130 valence electrons. The third-order valence-corrected chi connectivity index (χ3v) is 6.20. The largest absolute Gasteiger partial charge is 0.193 e. The first-order chi connectivity index (χ1) is 12.8. The lowest BCUT2D eigenvalue weighted by molar-refractivity contribution is 1.42. The van der Waals surface area contributed by atoms with Gasteiger partial charge in [0, 0.05) is 11.5 Å². The van der Waals surface area contributed by atoms with E-state index < -0.39 is 7.92 Å². The van der Waals surface area contributed by atoms with E-state index in [1.54, 1.807) is 13.0 Å². The molecule has 0 atom stereocenters. The average molecular weight is 378 g/mol. The van der Waals surface area contributed by atoms with Gasteiger partial charge in [-0.05, 0) is 30.8 Å². The van der Waals surface area contributed by atoms with Crippen molar-refractivity contribution in [2.75, 3.05) is 5.88 Å². The van der Waals surface area contributed by atoms with E-state index in [-0.39, 0.29) is 0 Å². The van der Waals surface area contributed by atoms with Crippen molar-refractivity contribution >= 4 is 35.4 Å². The number of hydrogen-bond acceptors (Lipinski definition) is 1. The third-order valence-electron chi connectivity index (χ3n) is 3.60. The Labute approximate surface area is 162 Å². The molecule has 0 saturated heterocycles. The molecule has 3 rings (SSSR count). The Hall–Kier alpha value is -2.39. The standard InChI is InChI=1S/C18H15P.C5H6ClN/c1-4-10-16(11-5-1)19(17-12-6-2-7-13-17)18-14-8-3-9-15-18;1-5(4-7)2-3-6/h1-15H;2H,3H2,1H3/b;5-2-. The number of allylic oxidation sites excluding steroid dienone is 2. The summed E-state index contributed by atoms with van der Waals surface area (Å²) in [4.78, 5) is 0. The van der Waals surface area contributed by atoms with E-state index in [0.29, 0.717) is 11.5 Å². The quantitative estimate of drug-likeness (QED) is 0.351. The van der Waals surface area contributed by atoms with Gasteiger partial charge in [0.2, 0.25) is 0 Å². The highest BCUT2D eigenvalue weighted by molar-refractivity contribution is 7.79. The van der Waals surface area contributed by atoms with Crippen LogP contribution in [0.1, 0.15) is 6.92 Å². The molecule has 0 amide bonds. The molecule has 0 fully saturated rings. The summed E-state index contributed by atoms with van der Waals surface area (Å²) in [6.07, 6.45) is 1.67. The molecule has 0 heterocycles. The summed E-state index contributed by atoms with van der Waals surface area (Å²) < 4.78 is 0. The minimum atomic E-state index is -0.446. The Bertz CT molecular complexity index is 746. The summed E-state index contributed by atoms with van der Waals surface area (Å²) >= 11 is 5.25. The number of halogens is 1. The molecule has 0 aliphatic carbocycles. The Balaban J connectivity index is 0.000000298. The average Bonchev–Trinajstić information content (AvgIpc) is 2.71. The van der Waals surface area contributed by atoms with Crippen LogP contribution >= 0.6 is 19.5 Å². The highest BCUT2D eigenvalue weighted by Crippen LogP contribution is 2.32. The van der Waals surface area contributed by atoms with Gasteiger partial charge in [-0.2, -0.15) is 5.26 Å². The van der Waals surface area contributed by atoms with Gasteiger partial charge in [0.15, 0.2) is 0 Å². The van der Waals surface area contributed by atoms with Gasteiger partial charge in [0.05, 0.1) is 6.07 Å². The number of benzene rings is 3. The summed E-state index contributed by atoms with van der Waals surface area (Å²) in [5.74, 6) is 0.430. The van der Waals surface area contributed by atoms with Crippen molar-refractivity contribution in [3.8, 4) is 6.07 Å². The van der Waals surface area contributed by atoms with Crippen molar-refractivity contribution in [3.63, 3.8) is 0 Å². The Morgan fingerprint density at radius 3 is 1.38 bits per heavy atom. The fourth-order valence-electron chi connectivity index (χ4n) is 2.34. The highest BCUT2D eigenvalue weighted by atomic mass is 35.5. The van der Waals surface area contributed by atoms with E-state index in [2.05, 4.69) is 91.0 Å². The molecule has 0 saturated carbocycles. The van der Waals surface area contributed by atoms with Crippen LogP contribution in [-0.4, -0.2) is 5.88 Å². The maximum atomic E-state index is 8.09. The lowest BCUT2D eigenvalue weighted by Gasteiger charge is -2.18. The van der Waals surface area contributed by atoms with Crippen LogP contribution in [0.25, 0.3) is 0 Å². The molecule has 3 heteroatoms. The topological polar surface area (TPSA) is 23.8 Å². The fraction of sp³-hybridized carbons (Fsp3) is 0.0870. The van der Waals surface area contributed by atoms with E-state index in [1.165, 1.54) is 15.9 Å². The molecule has 0 unspecified atom stereocenters. The lowest BCUT2D eigenvalue weighted by atomic mass is 10.3. The second kappa shape index (κ2) is 11.3. The SMILES string of the molecule is C/C(C#N)=C/CCl.c1ccc(P(c2ccccc2)c2ccccc2)cc1. The number of alkyl halides is 1. The van der Waals surface area contributed by atoms with Gasteiger partial charge < -0.3 is 0 Å². The molecule has 0 aliphatic heterocycles. The summed E-state index contributed by atoms with van der Waals surface area (Å²) in [5, 5.41) is 12.3. The van der Waals surface area contributed by atoms with Gasteiger partial charge in [-0.25, -0.2) is 0 Å². The second-order valence-electron chi connectivity index (χ2n) is 5.50.